The van der Waals surface area contributed by atoms with Crippen molar-refractivity contribution >= 4 is 10.0 Å². The minimum Gasteiger partial charge on any atom is -0.212 e. The van der Waals surface area contributed by atoms with Crippen LogP contribution in [0.3, 0.4) is 0 Å². The summed E-state index contributed by atoms with van der Waals surface area (Å²) >= 11 is 0. The molecular formula is C20H24FNO2S. The van der Waals surface area contributed by atoms with Crippen LogP contribution in [-0.4, -0.2) is 8.42 Å². The number of benzene rings is 2. The SMILES string of the molecule is CC[C@@H](NS(=O)(=O)Cc1ccccc1F)c1ccc2c(c1)CCCC2. The van der Waals surface area contributed by atoms with Gasteiger partial charge in [0, 0.05) is 11.6 Å². The highest BCUT2D eigenvalue weighted by Gasteiger charge is 2.21. The molecule has 0 amide bonds. The number of hydrogen-bond acceptors (Lipinski definition) is 2. The van der Waals surface area contributed by atoms with Gasteiger partial charge < -0.3 is 0 Å². The number of hydrogen-bond donors (Lipinski definition) is 1. The van der Waals surface area contributed by atoms with Crippen molar-refractivity contribution < 1.29 is 12.8 Å². The molecule has 1 aliphatic carbocycles. The second kappa shape index (κ2) is 7.67. The molecule has 0 spiro atoms. The maximum atomic E-state index is 13.8. The Bertz CT molecular complexity index is 849. The van der Waals surface area contributed by atoms with Crippen LogP contribution in [0.1, 0.15) is 54.5 Å². The van der Waals surface area contributed by atoms with E-state index in [1.54, 1.807) is 12.1 Å². The Hall–Kier alpha value is -1.72. The highest BCUT2D eigenvalue weighted by atomic mass is 32.2. The Morgan fingerprint density at radius 3 is 2.52 bits per heavy atom. The van der Waals surface area contributed by atoms with E-state index in [4.69, 9.17) is 0 Å². The molecule has 0 aromatic heterocycles. The third kappa shape index (κ3) is 4.47. The zero-order valence-corrected chi connectivity index (χ0v) is 15.3. The molecule has 0 heterocycles. The van der Waals surface area contributed by atoms with Crippen LogP contribution < -0.4 is 4.72 Å². The van der Waals surface area contributed by atoms with Gasteiger partial charge in [0.15, 0.2) is 0 Å². The van der Waals surface area contributed by atoms with E-state index >= 15 is 0 Å². The summed E-state index contributed by atoms with van der Waals surface area (Å²) in [4.78, 5) is 0. The lowest BCUT2D eigenvalue weighted by molar-refractivity contribution is 0.545. The molecule has 0 saturated carbocycles. The van der Waals surface area contributed by atoms with Gasteiger partial charge in [-0.15, -0.1) is 0 Å². The summed E-state index contributed by atoms with van der Waals surface area (Å²) in [7, 11) is -3.63. The molecule has 3 nitrogen and oxygen atoms in total. The Balaban J connectivity index is 1.78. The molecule has 1 N–H and O–H groups in total. The minimum atomic E-state index is -3.63. The second-order valence-electron chi connectivity index (χ2n) is 6.66. The monoisotopic (exact) mass is 361 g/mol. The lowest BCUT2D eigenvalue weighted by Gasteiger charge is -2.21. The van der Waals surface area contributed by atoms with E-state index in [-0.39, 0.29) is 17.4 Å². The summed E-state index contributed by atoms with van der Waals surface area (Å²) in [5.41, 5.74) is 3.88. The lowest BCUT2D eigenvalue weighted by atomic mass is 9.89. The quantitative estimate of drug-likeness (QED) is 0.835. The van der Waals surface area contributed by atoms with Crippen molar-refractivity contribution in [3.63, 3.8) is 0 Å². The molecule has 0 unspecified atom stereocenters. The smallest absolute Gasteiger partial charge is 0.212 e. The third-order valence-corrected chi connectivity index (χ3v) is 6.14. The van der Waals surface area contributed by atoms with Gasteiger partial charge in [-0.1, -0.05) is 43.3 Å². The van der Waals surface area contributed by atoms with Crippen molar-refractivity contribution in [2.45, 2.75) is 50.8 Å². The fourth-order valence-corrected chi connectivity index (χ4v) is 4.90. The molecule has 1 atom stereocenters. The summed E-state index contributed by atoms with van der Waals surface area (Å²) in [5, 5.41) is 0. The van der Waals surface area contributed by atoms with Gasteiger partial charge in [-0.25, -0.2) is 17.5 Å². The Morgan fingerprint density at radius 2 is 1.80 bits per heavy atom. The molecule has 0 saturated heterocycles. The predicted octanol–water partition coefficient (Wildman–Crippen LogP) is 4.28. The van der Waals surface area contributed by atoms with E-state index in [0.29, 0.717) is 6.42 Å². The molecule has 2 aromatic carbocycles. The van der Waals surface area contributed by atoms with Gasteiger partial charge in [0.25, 0.3) is 0 Å². The number of fused-ring (bicyclic) bond motifs is 1. The lowest BCUT2D eigenvalue weighted by Crippen LogP contribution is -2.30. The van der Waals surface area contributed by atoms with Gasteiger partial charge in [-0.2, -0.15) is 0 Å². The summed E-state index contributed by atoms with van der Waals surface area (Å²) < 4.78 is 41.5. The average Bonchev–Trinajstić information content (AvgIpc) is 2.61. The minimum absolute atomic E-state index is 0.190. The molecule has 0 fully saturated rings. The van der Waals surface area contributed by atoms with Crippen LogP contribution in [0.25, 0.3) is 0 Å². The molecule has 0 bridgehead atoms. The third-order valence-electron chi connectivity index (χ3n) is 4.81. The topological polar surface area (TPSA) is 46.2 Å². The van der Waals surface area contributed by atoms with Crippen molar-refractivity contribution in [2.75, 3.05) is 0 Å². The van der Waals surface area contributed by atoms with Crippen LogP contribution >= 0.6 is 0 Å². The molecule has 1 aliphatic rings. The van der Waals surface area contributed by atoms with Crippen molar-refractivity contribution in [3.8, 4) is 0 Å². The second-order valence-corrected chi connectivity index (χ2v) is 8.42. The van der Waals surface area contributed by atoms with Gasteiger partial charge in [0.2, 0.25) is 10.0 Å². The number of sulfonamides is 1. The Kier molecular flexibility index (Phi) is 5.54. The van der Waals surface area contributed by atoms with E-state index < -0.39 is 15.8 Å². The normalized spacial score (nSPS) is 15.6. The maximum absolute atomic E-state index is 13.8. The van der Waals surface area contributed by atoms with Crippen molar-refractivity contribution in [1.82, 2.24) is 4.72 Å². The molecular weight excluding hydrogens is 337 g/mol. The Labute approximate surface area is 149 Å². The summed E-state index contributed by atoms with van der Waals surface area (Å²) in [6, 6.07) is 12.0. The van der Waals surface area contributed by atoms with Crippen LogP contribution in [-0.2, 0) is 28.6 Å². The first-order valence-corrected chi connectivity index (χ1v) is 10.5. The number of halogens is 1. The van der Waals surface area contributed by atoms with Crippen molar-refractivity contribution in [2.24, 2.45) is 0 Å². The molecule has 3 rings (SSSR count). The fourth-order valence-electron chi connectivity index (χ4n) is 3.44. The number of nitrogens with one attached hydrogen (secondary N) is 1. The van der Waals surface area contributed by atoms with Crippen molar-refractivity contribution in [3.05, 3.63) is 70.5 Å². The van der Waals surface area contributed by atoms with E-state index in [1.165, 1.54) is 36.1 Å². The summed E-state index contributed by atoms with van der Waals surface area (Å²) in [6.07, 6.45) is 5.22. The highest BCUT2D eigenvalue weighted by molar-refractivity contribution is 7.88. The summed E-state index contributed by atoms with van der Waals surface area (Å²) in [6.45, 7) is 1.95. The van der Waals surface area contributed by atoms with Gasteiger partial charge in [0.05, 0.1) is 5.75 Å². The van der Waals surface area contributed by atoms with Gasteiger partial charge >= 0.3 is 0 Å². The first-order chi connectivity index (χ1) is 12.0. The van der Waals surface area contributed by atoms with Crippen LogP contribution in [0, 0.1) is 5.82 Å². The predicted molar refractivity (Wildman–Crippen MR) is 98.3 cm³/mol. The van der Waals surface area contributed by atoms with E-state index in [2.05, 4.69) is 16.9 Å². The molecule has 134 valence electrons. The Morgan fingerprint density at radius 1 is 1.08 bits per heavy atom. The number of rotatable bonds is 6. The van der Waals surface area contributed by atoms with Crippen LogP contribution in [0.5, 0.6) is 0 Å². The molecule has 0 radical (unpaired) electrons. The zero-order chi connectivity index (χ0) is 17.9. The van der Waals surface area contributed by atoms with Crippen LogP contribution in [0.2, 0.25) is 0 Å². The van der Waals surface area contributed by atoms with Gasteiger partial charge in [0.1, 0.15) is 5.82 Å². The van der Waals surface area contributed by atoms with E-state index in [9.17, 15) is 12.8 Å². The molecule has 2 aromatic rings. The molecule has 0 aliphatic heterocycles. The fraction of sp³-hybridized carbons (Fsp3) is 0.400. The van der Waals surface area contributed by atoms with Gasteiger partial charge in [-0.05, 0) is 54.9 Å². The first-order valence-electron chi connectivity index (χ1n) is 8.83. The summed E-state index contributed by atoms with van der Waals surface area (Å²) in [5.74, 6) is -0.837. The standard InChI is InChI=1S/C20H24FNO2S/c1-2-20(17-12-11-15-7-3-4-8-16(15)13-17)22-25(23,24)14-18-9-5-6-10-19(18)21/h5-6,9-13,20,22H,2-4,7-8,14H2,1H3/t20-/m1/s1. The van der Waals surface area contributed by atoms with Crippen molar-refractivity contribution in [1.29, 1.82) is 0 Å². The van der Waals surface area contributed by atoms with Gasteiger partial charge in [-0.3, -0.25) is 0 Å². The van der Waals surface area contributed by atoms with Crippen LogP contribution in [0.15, 0.2) is 42.5 Å². The maximum Gasteiger partial charge on any atom is 0.216 e. The zero-order valence-electron chi connectivity index (χ0n) is 14.5. The molecule has 25 heavy (non-hydrogen) atoms. The van der Waals surface area contributed by atoms with E-state index in [1.807, 2.05) is 13.0 Å². The number of aryl methyl sites for hydroxylation is 2. The molecule has 5 heteroatoms. The highest BCUT2D eigenvalue weighted by Crippen LogP contribution is 2.26. The largest absolute Gasteiger partial charge is 0.216 e. The van der Waals surface area contributed by atoms with Crippen LogP contribution in [0.4, 0.5) is 4.39 Å². The first kappa shape index (κ1) is 18.1. The average molecular weight is 361 g/mol. The van der Waals surface area contributed by atoms with E-state index in [0.717, 1.165) is 18.4 Å².